The molecule has 0 saturated carbocycles. The van der Waals surface area contributed by atoms with Gasteiger partial charge in [0.05, 0.1) is 5.69 Å². The van der Waals surface area contributed by atoms with Crippen molar-refractivity contribution in [2.75, 3.05) is 11.4 Å². The molecule has 4 rings (SSSR count). The van der Waals surface area contributed by atoms with Crippen molar-refractivity contribution < 1.29 is 13.7 Å². The molecular weight excluding hydrogens is 389 g/mol. The first-order valence-electron chi connectivity index (χ1n) is 8.82. The second-order valence-electron chi connectivity index (χ2n) is 6.17. The minimum absolute atomic E-state index is 0.0440. The van der Waals surface area contributed by atoms with E-state index in [1.165, 1.54) is 34.4 Å². The molecule has 0 aliphatic carbocycles. The number of thiazole rings is 1. The van der Waals surface area contributed by atoms with Crippen LogP contribution >= 0.6 is 11.3 Å². The van der Waals surface area contributed by atoms with E-state index in [1.807, 2.05) is 35.7 Å². The maximum atomic E-state index is 13.5. The Hall–Kier alpha value is -3.58. The van der Waals surface area contributed by atoms with Crippen molar-refractivity contribution in [2.24, 2.45) is 0 Å². The summed E-state index contributed by atoms with van der Waals surface area (Å²) in [5.74, 6) is -0.737. The molecule has 29 heavy (non-hydrogen) atoms. The summed E-state index contributed by atoms with van der Waals surface area (Å²) in [5, 5.41) is 6.33. The molecule has 2 heterocycles. The molecule has 5 nitrogen and oxygen atoms in total. The Labute approximate surface area is 170 Å². The molecule has 1 amide bonds. The molecule has 0 aliphatic rings. The van der Waals surface area contributed by atoms with Crippen LogP contribution in [0.2, 0.25) is 0 Å². The molecule has 0 radical (unpaired) electrons. The molecule has 0 N–H and O–H groups in total. The summed E-state index contributed by atoms with van der Waals surface area (Å²) in [5.41, 5.74) is 2.67. The summed E-state index contributed by atoms with van der Waals surface area (Å²) in [6.45, 7) is 3.99. The summed E-state index contributed by atoms with van der Waals surface area (Å²) in [4.78, 5) is 19.1. The highest BCUT2D eigenvalue weighted by Gasteiger charge is 2.24. The standard InChI is InChI=1S/C22H16FN3O2S/c1-2-11-26(22-24-19(14-29-22)15-7-4-3-5-8-15)21(27)20-13-18(25-28-20)16-9-6-10-17(23)12-16/h2-10,12-14H,1,11H2. The van der Waals surface area contributed by atoms with Gasteiger partial charge in [-0.1, -0.05) is 53.7 Å². The molecular formula is C22H16FN3O2S. The van der Waals surface area contributed by atoms with E-state index in [2.05, 4.69) is 16.7 Å². The molecule has 7 heteroatoms. The first-order valence-corrected chi connectivity index (χ1v) is 9.70. The minimum atomic E-state index is -0.394. The van der Waals surface area contributed by atoms with Crippen LogP contribution in [0, 0.1) is 5.82 Å². The lowest BCUT2D eigenvalue weighted by molar-refractivity contribution is 0.0954. The number of amides is 1. The van der Waals surface area contributed by atoms with Crippen LogP contribution < -0.4 is 4.90 Å². The van der Waals surface area contributed by atoms with Gasteiger partial charge in [0.2, 0.25) is 5.76 Å². The topological polar surface area (TPSA) is 59.2 Å². The first kappa shape index (κ1) is 18.8. The Morgan fingerprint density at radius 1 is 1.10 bits per heavy atom. The lowest BCUT2D eigenvalue weighted by Gasteiger charge is -2.15. The van der Waals surface area contributed by atoms with Crippen molar-refractivity contribution in [2.45, 2.75) is 0 Å². The van der Waals surface area contributed by atoms with Crippen molar-refractivity contribution >= 4 is 22.4 Å². The number of halogens is 1. The van der Waals surface area contributed by atoms with E-state index in [0.717, 1.165) is 11.3 Å². The van der Waals surface area contributed by atoms with Crippen LogP contribution in [0.25, 0.3) is 22.5 Å². The van der Waals surface area contributed by atoms with E-state index in [4.69, 9.17) is 4.52 Å². The van der Waals surface area contributed by atoms with Gasteiger partial charge in [-0.15, -0.1) is 17.9 Å². The highest BCUT2D eigenvalue weighted by molar-refractivity contribution is 7.14. The van der Waals surface area contributed by atoms with Crippen LogP contribution in [0.4, 0.5) is 9.52 Å². The van der Waals surface area contributed by atoms with Crippen LogP contribution in [0.3, 0.4) is 0 Å². The van der Waals surface area contributed by atoms with E-state index >= 15 is 0 Å². The number of aromatic nitrogens is 2. The predicted octanol–water partition coefficient (Wildman–Crippen LogP) is 5.44. The zero-order chi connectivity index (χ0) is 20.2. The molecule has 4 aromatic rings. The third-order valence-electron chi connectivity index (χ3n) is 4.19. The zero-order valence-electron chi connectivity index (χ0n) is 15.3. The van der Waals surface area contributed by atoms with E-state index in [9.17, 15) is 9.18 Å². The van der Waals surface area contributed by atoms with Gasteiger partial charge in [-0.2, -0.15) is 0 Å². The number of rotatable bonds is 6. The van der Waals surface area contributed by atoms with Gasteiger partial charge in [-0.3, -0.25) is 9.69 Å². The first-order chi connectivity index (χ1) is 14.2. The Kier molecular flexibility index (Phi) is 5.31. The lowest BCUT2D eigenvalue weighted by atomic mass is 10.1. The van der Waals surface area contributed by atoms with Gasteiger partial charge in [-0.25, -0.2) is 9.37 Å². The maximum absolute atomic E-state index is 13.5. The molecule has 0 atom stereocenters. The van der Waals surface area contributed by atoms with Gasteiger partial charge in [0, 0.05) is 29.1 Å². The molecule has 0 unspecified atom stereocenters. The molecule has 0 aliphatic heterocycles. The Bertz CT molecular complexity index is 1150. The van der Waals surface area contributed by atoms with Crippen LogP contribution in [-0.2, 0) is 0 Å². The van der Waals surface area contributed by atoms with Crippen molar-refractivity contribution in [1.29, 1.82) is 0 Å². The predicted molar refractivity (Wildman–Crippen MR) is 111 cm³/mol. The van der Waals surface area contributed by atoms with Crippen molar-refractivity contribution in [1.82, 2.24) is 10.1 Å². The van der Waals surface area contributed by atoms with Crippen LogP contribution in [0.5, 0.6) is 0 Å². The van der Waals surface area contributed by atoms with Gasteiger partial charge in [0.15, 0.2) is 5.13 Å². The third-order valence-corrected chi connectivity index (χ3v) is 5.05. The van der Waals surface area contributed by atoms with Gasteiger partial charge in [0.1, 0.15) is 11.5 Å². The fraction of sp³-hybridized carbons (Fsp3) is 0.0455. The van der Waals surface area contributed by atoms with Crippen LogP contribution in [0.15, 0.2) is 83.2 Å². The van der Waals surface area contributed by atoms with Gasteiger partial charge in [-0.05, 0) is 12.1 Å². The smallest absolute Gasteiger partial charge is 0.298 e. The minimum Gasteiger partial charge on any atom is -0.350 e. The summed E-state index contributed by atoms with van der Waals surface area (Å²) in [7, 11) is 0. The quantitative estimate of drug-likeness (QED) is 0.401. The van der Waals surface area contributed by atoms with E-state index in [1.54, 1.807) is 18.2 Å². The van der Waals surface area contributed by atoms with E-state index in [0.29, 0.717) is 16.4 Å². The Morgan fingerprint density at radius 3 is 2.66 bits per heavy atom. The third kappa shape index (κ3) is 4.00. The molecule has 0 saturated heterocycles. The Morgan fingerprint density at radius 2 is 1.90 bits per heavy atom. The number of carbonyl (C=O) groups is 1. The normalized spacial score (nSPS) is 10.7. The summed E-state index contributed by atoms with van der Waals surface area (Å²) in [6, 6.07) is 17.2. The summed E-state index contributed by atoms with van der Waals surface area (Å²) < 4.78 is 18.7. The van der Waals surface area contributed by atoms with Gasteiger partial charge < -0.3 is 4.52 Å². The van der Waals surface area contributed by atoms with Crippen molar-refractivity contribution in [3.63, 3.8) is 0 Å². The largest absolute Gasteiger partial charge is 0.350 e. The van der Waals surface area contributed by atoms with Gasteiger partial charge in [0.25, 0.3) is 5.91 Å². The molecule has 144 valence electrons. The average molecular weight is 405 g/mol. The molecule has 2 aromatic heterocycles. The second-order valence-corrected chi connectivity index (χ2v) is 7.01. The zero-order valence-corrected chi connectivity index (χ0v) is 16.1. The summed E-state index contributed by atoms with van der Waals surface area (Å²) in [6.07, 6.45) is 1.62. The fourth-order valence-electron chi connectivity index (χ4n) is 2.80. The SMILES string of the molecule is C=CCN(C(=O)c1cc(-c2cccc(F)c2)no1)c1nc(-c2ccccc2)cs1. The Balaban J connectivity index is 1.62. The molecule has 2 aromatic carbocycles. The summed E-state index contributed by atoms with van der Waals surface area (Å²) >= 11 is 1.36. The van der Waals surface area contributed by atoms with Crippen LogP contribution in [-0.4, -0.2) is 22.6 Å². The number of nitrogens with zero attached hydrogens (tertiary/aromatic N) is 3. The number of hydrogen-bond acceptors (Lipinski definition) is 5. The maximum Gasteiger partial charge on any atom is 0.298 e. The molecule has 0 fully saturated rings. The van der Waals surface area contributed by atoms with E-state index < -0.39 is 5.91 Å². The average Bonchev–Trinajstić information content (AvgIpc) is 3.42. The number of hydrogen-bond donors (Lipinski definition) is 0. The number of benzene rings is 2. The lowest BCUT2D eigenvalue weighted by Crippen LogP contribution is -2.30. The number of carbonyl (C=O) groups excluding carboxylic acids is 1. The molecule has 0 bridgehead atoms. The van der Waals surface area contributed by atoms with Crippen molar-refractivity contribution in [3.8, 4) is 22.5 Å². The highest BCUT2D eigenvalue weighted by Crippen LogP contribution is 2.29. The molecule has 0 spiro atoms. The van der Waals surface area contributed by atoms with Crippen LogP contribution in [0.1, 0.15) is 10.6 Å². The number of anilines is 1. The van der Waals surface area contributed by atoms with E-state index in [-0.39, 0.29) is 18.1 Å². The highest BCUT2D eigenvalue weighted by atomic mass is 32.1. The fourth-order valence-corrected chi connectivity index (χ4v) is 3.64. The van der Waals surface area contributed by atoms with Gasteiger partial charge >= 0.3 is 0 Å². The monoisotopic (exact) mass is 405 g/mol. The van der Waals surface area contributed by atoms with Crippen molar-refractivity contribution in [3.05, 3.63) is 90.3 Å². The second kappa shape index (κ2) is 8.20.